The van der Waals surface area contributed by atoms with E-state index < -0.39 is 37.9 Å². The van der Waals surface area contributed by atoms with Crippen molar-refractivity contribution in [3.8, 4) is 0 Å². The Hall–Kier alpha value is -0.890. The van der Waals surface area contributed by atoms with Crippen molar-refractivity contribution < 1.29 is 65.5 Å². The summed E-state index contributed by atoms with van der Waals surface area (Å²) in [7, 11) is -11.1. The monoisotopic (exact) mass is 584 g/mol. The van der Waals surface area contributed by atoms with Crippen molar-refractivity contribution in [2.75, 3.05) is 31.3 Å². The number of hydrogen-bond donors (Lipinski definition) is 0. The predicted octanol–water partition coefficient (Wildman–Crippen LogP) is 3.70. The summed E-state index contributed by atoms with van der Waals surface area (Å²) in [4.78, 5) is 1.44. The lowest BCUT2D eigenvalue weighted by Crippen LogP contribution is -2.21. The van der Waals surface area contributed by atoms with Gasteiger partial charge in [0.05, 0.1) is 18.8 Å². The molecule has 0 N–H and O–H groups in total. The number of rotatable bonds is 1. The fourth-order valence-corrected chi connectivity index (χ4v) is 1.39. The fourth-order valence-electron chi connectivity index (χ4n) is 0.693. The Balaban J connectivity index is -0.000000166. The van der Waals surface area contributed by atoms with Crippen LogP contribution in [0.1, 0.15) is 0 Å². The lowest BCUT2D eigenvalue weighted by atomic mass is 10.4. The zero-order valence-electron chi connectivity index (χ0n) is 17.4. The molecule has 0 fully saturated rings. The van der Waals surface area contributed by atoms with Crippen molar-refractivity contribution in [2.45, 2.75) is 22.6 Å². The number of halogens is 9. The summed E-state index contributed by atoms with van der Waals surface area (Å²) in [6.45, 7) is -3.67. The van der Waals surface area contributed by atoms with E-state index in [0.29, 0.717) is 21.8 Å². The second-order valence-electron chi connectivity index (χ2n) is 5.40. The van der Waals surface area contributed by atoms with Gasteiger partial charge in [-0.15, -0.1) is 0 Å². The second-order valence-corrected chi connectivity index (χ2v) is 12.7. The quantitative estimate of drug-likeness (QED) is 0.215. The van der Waals surface area contributed by atoms with Gasteiger partial charge in [-0.1, -0.05) is 18.2 Å². The highest BCUT2D eigenvalue weighted by atomic mass is 32.2. The Labute approximate surface area is 191 Å². The first kappa shape index (κ1) is 39.3. The minimum absolute atomic E-state index is 0.421. The van der Waals surface area contributed by atoms with Gasteiger partial charge in [0, 0.05) is 10.9 Å². The molecular formula is C14H21F9O6S4. The Bertz CT molecular complexity index is 756. The van der Waals surface area contributed by atoms with Gasteiger partial charge in [0.25, 0.3) is 0 Å². The molecule has 19 heteroatoms. The molecule has 0 atom stereocenters. The Morgan fingerprint density at radius 2 is 0.879 bits per heavy atom. The lowest BCUT2D eigenvalue weighted by Gasteiger charge is -2.08. The van der Waals surface area contributed by atoms with Crippen LogP contribution in [0.4, 0.5) is 39.5 Å². The van der Waals surface area contributed by atoms with E-state index in [-0.39, 0.29) is 0 Å². The van der Waals surface area contributed by atoms with Gasteiger partial charge in [-0.05, 0) is 23.0 Å². The van der Waals surface area contributed by atoms with E-state index in [1.54, 1.807) is 0 Å². The Morgan fingerprint density at radius 1 is 0.697 bits per heavy atom. The van der Waals surface area contributed by atoms with E-state index in [4.69, 9.17) is 25.9 Å². The third-order valence-electron chi connectivity index (χ3n) is 1.78. The molecule has 0 unspecified atom stereocenters. The Morgan fingerprint density at radius 3 is 0.970 bits per heavy atom. The van der Waals surface area contributed by atoms with Crippen molar-refractivity contribution >= 4 is 42.0 Å². The third kappa shape index (κ3) is 31.1. The van der Waals surface area contributed by atoms with Gasteiger partial charge in [0.1, 0.15) is 12.5 Å². The highest BCUT2D eigenvalue weighted by molar-refractivity contribution is 7.95. The van der Waals surface area contributed by atoms with Gasteiger partial charge in [0.2, 0.25) is 0 Å². The maximum atomic E-state index is 10.7. The first-order valence-electron chi connectivity index (χ1n) is 7.35. The third-order valence-corrected chi connectivity index (χ3v) is 4.13. The maximum absolute atomic E-state index is 10.7. The van der Waals surface area contributed by atoms with Gasteiger partial charge in [0.15, 0.2) is 25.1 Å². The lowest BCUT2D eigenvalue weighted by molar-refractivity contribution is -0.0522. The van der Waals surface area contributed by atoms with E-state index >= 15 is 0 Å². The van der Waals surface area contributed by atoms with Gasteiger partial charge in [-0.2, -0.15) is 39.5 Å². The van der Waals surface area contributed by atoms with Crippen LogP contribution < -0.4 is 0 Å². The van der Waals surface area contributed by atoms with Crippen LogP contribution in [0.15, 0.2) is 35.2 Å². The van der Waals surface area contributed by atoms with E-state index in [1.165, 1.54) is 4.90 Å². The molecule has 0 amide bonds. The molecule has 0 bridgehead atoms. The average molecular weight is 585 g/mol. The highest BCUT2D eigenvalue weighted by Gasteiger charge is 2.37. The fraction of sp³-hybridized carbons (Fsp3) is 0.571. The van der Waals surface area contributed by atoms with Crippen LogP contribution in [-0.2, 0) is 42.0 Å². The first-order chi connectivity index (χ1) is 14.3. The number of hydrogen-bond acceptors (Lipinski definition) is 6. The molecule has 0 aliphatic heterocycles. The van der Waals surface area contributed by atoms with Crippen molar-refractivity contribution in [2.24, 2.45) is 0 Å². The second kappa shape index (κ2) is 17.5. The van der Waals surface area contributed by atoms with E-state index in [0.717, 1.165) is 0 Å². The molecule has 0 spiro atoms. The van der Waals surface area contributed by atoms with E-state index in [2.05, 4.69) is 61.6 Å². The molecule has 0 radical (unpaired) electrons. The van der Waals surface area contributed by atoms with Crippen LogP contribution in [-0.4, -0.2) is 74.9 Å². The van der Waals surface area contributed by atoms with Gasteiger partial charge in [-0.25, -0.2) is 16.8 Å². The van der Waals surface area contributed by atoms with Gasteiger partial charge < -0.3 is 9.11 Å². The summed E-state index contributed by atoms with van der Waals surface area (Å²) >= 11 is 0. The largest absolute Gasteiger partial charge is 0.741 e. The molecular weight excluding hydrogens is 563 g/mol. The topological polar surface area (TPSA) is 114 Å². The smallest absolute Gasteiger partial charge is 0.485 e. The first-order valence-corrected chi connectivity index (χ1v) is 14.7. The van der Waals surface area contributed by atoms with E-state index in [9.17, 15) is 39.5 Å². The van der Waals surface area contributed by atoms with Crippen molar-refractivity contribution in [1.82, 2.24) is 0 Å². The molecule has 200 valence electrons. The molecule has 0 aliphatic carbocycles. The van der Waals surface area contributed by atoms with Crippen LogP contribution in [0.2, 0.25) is 0 Å². The molecule has 0 aromatic heterocycles. The summed E-state index contributed by atoms with van der Waals surface area (Å²) in [5.74, 6) is 0. The predicted molar refractivity (Wildman–Crippen MR) is 108 cm³/mol. The summed E-state index contributed by atoms with van der Waals surface area (Å²) in [6.07, 6.45) is 11.0. The van der Waals surface area contributed by atoms with E-state index in [1.807, 2.05) is 0 Å². The standard InChI is InChI=1S/C8H11S.C3H9S.2CHF3O3S.CHF3/c1-9(2)8-6-4-3-5-7-8;1-4(2)3;2*2-1(3,4)8(5,6)7;2-1(3)4/h3-7H,1-2H3;1-3H3;2*(H,5,6,7);1H/q2*+1;;;/p-2. The molecule has 1 aromatic carbocycles. The van der Waals surface area contributed by atoms with Gasteiger partial charge in [-0.3, -0.25) is 0 Å². The summed E-state index contributed by atoms with van der Waals surface area (Å²) in [5.41, 5.74) is -11.3. The summed E-state index contributed by atoms with van der Waals surface area (Å²) < 4.78 is 147. The number of alkyl halides is 9. The zero-order valence-corrected chi connectivity index (χ0v) is 20.7. The SMILES string of the molecule is C[S+](C)C.C[S+](C)c1ccccc1.FC(F)F.O=S(=O)([O-])C(F)(F)F.O=S(=O)([O-])C(F)(F)F. The summed E-state index contributed by atoms with van der Waals surface area (Å²) in [5, 5.41) is 0. The maximum Gasteiger partial charge on any atom is 0.485 e. The normalized spacial score (nSPS) is 11.7. The molecule has 1 rings (SSSR count). The molecule has 0 saturated carbocycles. The van der Waals surface area contributed by atoms with Crippen molar-refractivity contribution in [3.63, 3.8) is 0 Å². The van der Waals surface area contributed by atoms with Gasteiger partial charge >= 0.3 is 17.7 Å². The van der Waals surface area contributed by atoms with Crippen LogP contribution in [0.3, 0.4) is 0 Å². The Kier molecular flexibility index (Phi) is 20.9. The highest BCUT2D eigenvalue weighted by Crippen LogP contribution is 2.21. The minimum atomic E-state index is -6.09. The molecule has 0 saturated heterocycles. The minimum Gasteiger partial charge on any atom is -0.741 e. The van der Waals surface area contributed by atoms with Crippen molar-refractivity contribution in [3.05, 3.63) is 30.3 Å². The van der Waals surface area contributed by atoms with Crippen LogP contribution in [0.25, 0.3) is 0 Å². The van der Waals surface area contributed by atoms with Crippen molar-refractivity contribution in [1.29, 1.82) is 0 Å². The molecule has 1 aromatic rings. The molecule has 0 aliphatic rings. The van der Waals surface area contributed by atoms with Crippen LogP contribution >= 0.6 is 0 Å². The zero-order chi connectivity index (χ0) is 27.8. The summed E-state index contributed by atoms with van der Waals surface area (Å²) in [6, 6.07) is 10.6. The molecule has 6 nitrogen and oxygen atoms in total. The molecule has 0 heterocycles. The molecule has 33 heavy (non-hydrogen) atoms. The average Bonchev–Trinajstić information content (AvgIpc) is 2.52. The number of benzene rings is 1. The van der Waals surface area contributed by atoms with Crippen LogP contribution in [0, 0.1) is 0 Å². The van der Waals surface area contributed by atoms with Crippen LogP contribution in [0.5, 0.6) is 0 Å².